The first-order chi connectivity index (χ1) is 12.2. The maximum absolute atomic E-state index is 6.14. The molecule has 0 aliphatic carbocycles. The van der Waals surface area contributed by atoms with Crippen molar-refractivity contribution in [2.75, 3.05) is 26.2 Å². The molecule has 3 heteroatoms. The molecule has 1 saturated heterocycles. The van der Waals surface area contributed by atoms with Gasteiger partial charge in [0.25, 0.3) is 0 Å². The molecule has 0 saturated carbocycles. The van der Waals surface area contributed by atoms with Gasteiger partial charge in [-0.1, -0.05) is 49.4 Å². The maximum atomic E-state index is 6.14. The van der Waals surface area contributed by atoms with Crippen LogP contribution in [0.5, 0.6) is 5.75 Å². The second-order valence-electron chi connectivity index (χ2n) is 6.97. The Morgan fingerprint density at radius 1 is 1.04 bits per heavy atom. The Hall–Kier alpha value is -1.84. The van der Waals surface area contributed by atoms with Gasteiger partial charge in [0.15, 0.2) is 0 Å². The smallest absolute Gasteiger partial charge is 0.125 e. The quantitative estimate of drug-likeness (QED) is 0.853. The van der Waals surface area contributed by atoms with E-state index < -0.39 is 0 Å². The highest BCUT2D eigenvalue weighted by molar-refractivity contribution is 5.44. The van der Waals surface area contributed by atoms with Crippen LogP contribution in [0.15, 0.2) is 42.5 Å². The van der Waals surface area contributed by atoms with Gasteiger partial charge in [-0.3, -0.25) is 4.90 Å². The topological polar surface area (TPSA) is 24.5 Å². The first kappa shape index (κ1) is 18.0. The molecule has 1 heterocycles. The summed E-state index contributed by atoms with van der Waals surface area (Å²) in [5.41, 5.74) is 5.10. The van der Waals surface area contributed by atoms with Gasteiger partial charge in [0.05, 0.1) is 0 Å². The fourth-order valence-corrected chi connectivity index (χ4v) is 3.83. The van der Waals surface area contributed by atoms with Gasteiger partial charge in [0, 0.05) is 32.2 Å². The van der Waals surface area contributed by atoms with E-state index in [0.29, 0.717) is 12.6 Å². The van der Waals surface area contributed by atoms with Crippen LogP contribution in [0.2, 0.25) is 0 Å². The minimum Gasteiger partial charge on any atom is -0.488 e. The fourth-order valence-electron chi connectivity index (χ4n) is 3.83. The van der Waals surface area contributed by atoms with Crippen molar-refractivity contribution in [2.45, 2.75) is 39.8 Å². The minimum atomic E-state index is 0.502. The molecule has 134 valence electrons. The number of ether oxygens (including phenoxy) is 1. The summed E-state index contributed by atoms with van der Waals surface area (Å²) in [5.74, 6) is 1.03. The number of benzene rings is 2. The lowest BCUT2D eigenvalue weighted by Gasteiger charge is -2.35. The molecule has 0 bridgehead atoms. The molecule has 0 unspecified atom stereocenters. The summed E-state index contributed by atoms with van der Waals surface area (Å²) in [7, 11) is 0. The number of hydrogen-bond donors (Lipinski definition) is 1. The summed E-state index contributed by atoms with van der Waals surface area (Å²) in [6.45, 7) is 11.7. The highest BCUT2D eigenvalue weighted by atomic mass is 16.5. The molecule has 1 aliphatic heterocycles. The third-order valence-corrected chi connectivity index (χ3v) is 5.07. The molecule has 3 rings (SSSR count). The zero-order valence-electron chi connectivity index (χ0n) is 15.7. The molecule has 3 nitrogen and oxygen atoms in total. The normalized spacial score (nSPS) is 16.6. The summed E-state index contributed by atoms with van der Waals surface area (Å²) < 4.78 is 6.14. The lowest BCUT2D eigenvalue weighted by molar-refractivity contribution is 0.169. The van der Waals surface area contributed by atoms with Gasteiger partial charge in [-0.25, -0.2) is 0 Å². The van der Waals surface area contributed by atoms with Gasteiger partial charge in [0.1, 0.15) is 12.4 Å². The van der Waals surface area contributed by atoms with Gasteiger partial charge in [0.2, 0.25) is 0 Å². The number of rotatable bonds is 6. The molecular formula is C22H30N2O. The third kappa shape index (κ3) is 4.42. The van der Waals surface area contributed by atoms with Gasteiger partial charge in [-0.2, -0.15) is 0 Å². The Morgan fingerprint density at radius 3 is 2.28 bits per heavy atom. The monoisotopic (exact) mass is 338 g/mol. The average molecular weight is 338 g/mol. The molecule has 25 heavy (non-hydrogen) atoms. The highest BCUT2D eigenvalue weighted by Gasteiger charge is 2.21. The molecule has 1 aliphatic rings. The van der Waals surface area contributed by atoms with Crippen molar-refractivity contribution in [3.63, 3.8) is 0 Å². The van der Waals surface area contributed by atoms with Crippen molar-refractivity contribution >= 4 is 0 Å². The lowest BCUT2D eigenvalue weighted by Crippen LogP contribution is -2.45. The maximum Gasteiger partial charge on any atom is 0.125 e. The predicted octanol–water partition coefficient (Wildman–Crippen LogP) is 4.24. The number of hydrogen-bond acceptors (Lipinski definition) is 3. The van der Waals surface area contributed by atoms with E-state index >= 15 is 0 Å². The zero-order valence-corrected chi connectivity index (χ0v) is 15.7. The summed E-state index contributed by atoms with van der Waals surface area (Å²) >= 11 is 0. The SMILES string of the molecule is CC[C@H](c1cc(C)c(OCc2ccccc2)c(C)c1)N1CCNCC1. The largest absolute Gasteiger partial charge is 0.488 e. The van der Waals surface area contributed by atoms with Crippen LogP contribution in [0.3, 0.4) is 0 Å². The number of piperazine rings is 1. The Kier molecular flexibility index (Phi) is 6.11. The number of nitrogens with one attached hydrogen (secondary N) is 1. The minimum absolute atomic E-state index is 0.502. The van der Waals surface area contributed by atoms with E-state index in [0.717, 1.165) is 38.3 Å². The van der Waals surface area contributed by atoms with Crippen molar-refractivity contribution in [3.05, 3.63) is 64.7 Å². The van der Waals surface area contributed by atoms with Crippen LogP contribution >= 0.6 is 0 Å². The molecule has 0 aromatic heterocycles. The van der Waals surface area contributed by atoms with E-state index in [-0.39, 0.29) is 0 Å². The van der Waals surface area contributed by atoms with E-state index in [9.17, 15) is 0 Å². The summed E-state index contributed by atoms with van der Waals surface area (Å²) in [5, 5.41) is 3.45. The molecule has 0 amide bonds. The van der Waals surface area contributed by atoms with E-state index in [2.05, 4.69) is 67.4 Å². The van der Waals surface area contributed by atoms with Gasteiger partial charge in [-0.05, 0) is 42.5 Å². The van der Waals surface area contributed by atoms with Crippen molar-refractivity contribution in [2.24, 2.45) is 0 Å². The van der Waals surface area contributed by atoms with Crippen molar-refractivity contribution in [3.8, 4) is 5.75 Å². The molecule has 1 atom stereocenters. The second-order valence-corrected chi connectivity index (χ2v) is 6.97. The van der Waals surface area contributed by atoms with E-state index in [1.165, 1.54) is 22.3 Å². The standard InChI is InChI=1S/C22H30N2O/c1-4-21(24-12-10-23-11-13-24)20-14-17(2)22(18(3)15-20)25-16-19-8-6-5-7-9-19/h5-9,14-15,21,23H,4,10-13,16H2,1-3H3/t21-/m1/s1. The molecule has 1 fully saturated rings. The molecule has 0 spiro atoms. The Bertz CT molecular complexity index is 655. The van der Waals surface area contributed by atoms with Crippen LogP contribution in [-0.2, 0) is 6.61 Å². The van der Waals surface area contributed by atoms with Crippen molar-refractivity contribution < 1.29 is 4.74 Å². The van der Waals surface area contributed by atoms with Crippen LogP contribution in [0, 0.1) is 13.8 Å². The van der Waals surface area contributed by atoms with Gasteiger partial charge in [-0.15, -0.1) is 0 Å². The van der Waals surface area contributed by atoms with Crippen LogP contribution in [-0.4, -0.2) is 31.1 Å². The van der Waals surface area contributed by atoms with Crippen LogP contribution < -0.4 is 10.1 Å². The van der Waals surface area contributed by atoms with Crippen LogP contribution in [0.25, 0.3) is 0 Å². The van der Waals surface area contributed by atoms with E-state index in [4.69, 9.17) is 4.74 Å². The Labute approximate surface area is 152 Å². The number of nitrogens with zero attached hydrogens (tertiary/aromatic N) is 1. The first-order valence-corrected chi connectivity index (χ1v) is 9.41. The Balaban J connectivity index is 1.76. The number of aryl methyl sites for hydroxylation is 2. The summed E-state index contributed by atoms with van der Waals surface area (Å²) in [4.78, 5) is 2.61. The van der Waals surface area contributed by atoms with Crippen LogP contribution in [0.4, 0.5) is 0 Å². The molecule has 0 radical (unpaired) electrons. The summed E-state index contributed by atoms with van der Waals surface area (Å²) in [6, 6.07) is 15.5. The molecule has 1 N–H and O–H groups in total. The van der Waals surface area contributed by atoms with Gasteiger partial charge >= 0.3 is 0 Å². The van der Waals surface area contributed by atoms with E-state index in [1.54, 1.807) is 0 Å². The fraction of sp³-hybridized carbons (Fsp3) is 0.455. The average Bonchev–Trinajstić information content (AvgIpc) is 2.63. The lowest BCUT2D eigenvalue weighted by atomic mass is 9.97. The molecule has 2 aromatic rings. The van der Waals surface area contributed by atoms with Crippen LogP contribution in [0.1, 0.15) is 41.6 Å². The highest BCUT2D eigenvalue weighted by Crippen LogP contribution is 2.32. The van der Waals surface area contributed by atoms with Crippen molar-refractivity contribution in [1.82, 2.24) is 10.2 Å². The third-order valence-electron chi connectivity index (χ3n) is 5.07. The Morgan fingerprint density at radius 2 is 1.68 bits per heavy atom. The summed E-state index contributed by atoms with van der Waals surface area (Å²) in [6.07, 6.45) is 1.14. The zero-order chi connectivity index (χ0) is 17.6. The van der Waals surface area contributed by atoms with Gasteiger partial charge < -0.3 is 10.1 Å². The first-order valence-electron chi connectivity index (χ1n) is 9.41. The second kappa shape index (κ2) is 8.50. The predicted molar refractivity (Wildman–Crippen MR) is 104 cm³/mol. The van der Waals surface area contributed by atoms with Crippen molar-refractivity contribution in [1.29, 1.82) is 0 Å². The molecule has 2 aromatic carbocycles. The molecular weight excluding hydrogens is 308 g/mol. The van der Waals surface area contributed by atoms with E-state index in [1.807, 2.05) is 6.07 Å².